The molecule has 0 radical (unpaired) electrons. The third kappa shape index (κ3) is 2.58. The maximum Gasteiger partial charge on any atom is 0.138 e. The Morgan fingerprint density at radius 2 is 2.32 bits per heavy atom. The molecule has 1 aromatic heterocycles. The van der Waals surface area contributed by atoms with Crippen LogP contribution in [-0.4, -0.2) is 39.9 Å². The van der Waals surface area contributed by atoms with Crippen molar-refractivity contribution in [2.24, 2.45) is 12.8 Å². The Labute approximate surface area is 113 Å². The van der Waals surface area contributed by atoms with E-state index in [2.05, 4.69) is 10.00 Å². The van der Waals surface area contributed by atoms with Gasteiger partial charge in [0.1, 0.15) is 11.7 Å². The number of amidine groups is 1. The van der Waals surface area contributed by atoms with Gasteiger partial charge in [-0.15, -0.1) is 0 Å². The summed E-state index contributed by atoms with van der Waals surface area (Å²) >= 11 is 0. The smallest absolute Gasteiger partial charge is 0.138 e. The monoisotopic (exact) mass is 265 g/mol. The van der Waals surface area contributed by atoms with Crippen molar-refractivity contribution in [3.05, 3.63) is 11.3 Å². The minimum atomic E-state index is 0.0772. The highest BCUT2D eigenvalue weighted by Gasteiger charge is 2.30. The maximum atomic E-state index is 8.99. The van der Waals surface area contributed by atoms with Crippen molar-refractivity contribution in [3.8, 4) is 0 Å². The third-order valence-corrected chi connectivity index (χ3v) is 3.81. The van der Waals surface area contributed by atoms with Gasteiger partial charge in [-0.05, 0) is 32.6 Å². The lowest BCUT2D eigenvalue weighted by atomic mass is 10.1. The molecular weight excluding hydrogens is 242 g/mol. The molecule has 0 spiro atoms. The Hall–Kier alpha value is -1.56. The number of rotatable bonds is 5. The van der Waals surface area contributed by atoms with Crippen molar-refractivity contribution in [3.63, 3.8) is 0 Å². The standard InChI is InChI=1S/C13H23N5O/c1-9-11(12(14)15)13(17(2)16-9)18-7-3-5-10(18)6-4-8-19/h10,19H,3-8H2,1-2H3,(H3,14,15). The number of aryl methyl sites for hydroxylation is 2. The molecule has 19 heavy (non-hydrogen) atoms. The number of hydrogen-bond acceptors (Lipinski definition) is 4. The van der Waals surface area contributed by atoms with Crippen LogP contribution in [0.25, 0.3) is 0 Å². The van der Waals surface area contributed by atoms with Crippen LogP contribution in [0.15, 0.2) is 0 Å². The summed E-state index contributed by atoms with van der Waals surface area (Å²) in [6, 6.07) is 0.417. The topological polar surface area (TPSA) is 91.2 Å². The van der Waals surface area contributed by atoms with Crippen LogP contribution in [0.4, 0.5) is 5.82 Å². The Bertz CT molecular complexity index is 468. The molecule has 0 aliphatic carbocycles. The van der Waals surface area contributed by atoms with Gasteiger partial charge in [-0.25, -0.2) is 0 Å². The van der Waals surface area contributed by atoms with Crippen molar-refractivity contribution in [1.29, 1.82) is 5.41 Å². The van der Waals surface area contributed by atoms with E-state index in [1.54, 1.807) is 0 Å². The number of nitrogen functional groups attached to an aromatic ring is 1. The zero-order chi connectivity index (χ0) is 14.0. The molecule has 6 heteroatoms. The molecule has 1 aliphatic rings. The summed E-state index contributed by atoms with van der Waals surface area (Å²) in [4.78, 5) is 2.30. The summed E-state index contributed by atoms with van der Waals surface area (Å²) in [7, 11) is 1.90. The first-order chi connectivity index (χ1) is 9.06. The Kier molecular flexibility index (Phi) is 4.09. The lowest BCUT2D eigenvalue weighted by molar-refractivity contribution is 0.279. The van der Waals surface area contributed by atoms with E-state index in [9.17, 15) is 0 Å². The van der Waals surface area contributed by atoms with E-state index in [1.165, 1.54) is 0 Å². The van der Waals surface area contributed by atoms with Gasteiger partial charge in [0.2, 0.25) is 0 Å². The van der Waals surface area contributed by atoms with E-state index in [0.29, 0.717) is 6.04 Å². The molecule has 0 saturated carbocycles. The molecule has 0 bridgehead atoms. The summed E-state index contributed by atoms with van der Waals surface area (Å²) in [6.45, 7) is 3.09. The first kappa shape index (κ1) is 13.9. The predicted molar refractivity (Wildman–Crippen MR) is 75.6 cm³/mol. The average molecular weight is 265 g/mol. The molecule has 1 aliphatic heterocycles. The summed E-state index contributed by atoms with van der Waals surface area (Å²) in [5.41, 5.74) is 7.26. The molecule has 1 saturated heterocycles. The number of aromatic nitrogens is 2. The molecular formula is C13H23N5O. The van der Waals surface area contributed by atoms with Crippen LogP contribution in [0, 0.1) is 12.3 Å². The van der Waals surface area contributed by atoms with E-state index in [4.69, 9.17) is 16.2 Å². The fourth-order valence-corrected chi connectivity index (χ4v) is 3.03. The van der Waals surface area contributed by atoms with Gasteiger partial charge in [-0.3, -0.25) is 10.1 Å². The minimum absolute atomic E-state index is 0.0772. The van der Waals surface area contributed by atoms with Crippen molar-refractivity contribution in [1.82, 2.24) is 9.78 Å². The molecule has 1 atom stereocenters. The number of aliphatic hydroxyl groups excluding tert-OH is 1. The Morgan fingerprint density at radius 1 is 1.58 bits per heavy atom. The number of nitrogens with one attached hydrogen (secondary N) is 1. The number of anilines is 1. The Balaban J connectivity index is 2.32. The average Bonchev–Trinajstić information content (AvgIpc) is 2.90. The summed E-state index contributed by atoms with van der Waals surface area (Å²) in [5.74, 6) is 1.03. The summed E-state index contributed by atoms with van der Waals surface area (Å²) < 4.78 is 1.82. The number of nitrogens with two attached hydrogens (primary N) is 1. The predicted octanol–water partition coefficient (Wildman–Crippen LogP) is 0.754. The van der Waals surface area contributed by atoms with Crippen LogP contribution in [0.1, 0.15) is 36.9 Å². The van der Waals surface area contributed by atoms with Crippen molar-refractivity contribution < 1.29 is 5.11 Å². The molecule has 1 fully saturated rings. The van der Waals surface area contributed by atoms with Crippen molar-refractivity contribution in [2.75, 3.05) is 18.1 Å². The normalized spacial score (nSPS) is 19.1. The number of hydrogen-bond donors (Lipinski definition) is 3. The molecule has 106 valence electrons. The molecule has 2 heterocycles. The van der Waals surface area contributed by atoms with Crippen LogP contribution < -0.4 is 10.6 Å². The fourth-order valence-electron chi connectivity index (χ4n) is 3.03. The van der Waals surface area contributed by atoms with Gasteiger partial charge in [0.15, 0.2) is 0 Å². The van der Waals surface area contributed by atoms with Crippen LogP contribution >= 0.6 is 0 Å². The highest BCUT2D eigenvalue weighted by Crippen LogP contribution is 2.31. The quantitative estimate of drug-likeness (QED) is 0.541. The van der Waals surface area contributed by atoms with Gasteiger partial charge >= 0.3 is 0 Å². The van der Waals surface area contributed by atoms with Gasteiger partial charge in [0.05, 0.1) is 11.3 Å². The lowest BCUT2D eigenvalue weighted by Gasteiger charge is -2.27. The molecule has 1 aromatic rings. The van der Waals surface area contributed by atoms with Crippen LogP contribution in [0.2, 0.25) is 0 Å². The highest BCUT2D eigenvalue weighted by molar-refractivity contribution is 6.01. The van der Waals surface area contributed by atoms with Crippen LogP contribution in [-0.2, 0) is 7.05 Å². The zero-order valence-corrected chi connectivity index (χ0v) is 11.7. The molecule has 2 rings (SSSR count). The second kappa shape index (κ2) is 5.61. The molecule has 1 unspecified atom stereocenters. The number of nitrogens with zero attached hydrogens (tertiary/aromatic N) is 3. The van der Waals surface area contributed by atoms with Gasteiger partial charge in [-0.1, -0.05) is 0 Å². The van der Waals surface area contributed by atoms with Crippen molar-refractivity contribution >= 4 is 11.7 Å². The maximum absolute atomic E-state index is 8.99. The van der Waals surface area contributed by atoms with E-state index in [1.807, 2.05) is 18.7 Å². The SMILES string of the molecule is Cc1nn(C)c(N2CCCC2CCCO)c1C(=N)N. The molecule has 6 nitrogen and oxygen atoms in total. The van der Waals surface area contributed by atoms with E-state index in [0.717, 1.165) is 49.3 Å². The lowest BCUT2D eigenvalue weighted by Crippen LogP contribution is -2.33. The Morgan fingerprint density at radius 3 is 2.95 bits per heavy atom. The third-order valence-electron chi connectivity index (χ3n) is 3.81. The number of aliphatic hydroxyl groups is 1. The summed E-state index contributed by atoms with van der Waals surface area (Å²) in [5, 5.41) is 21.1. The van der Waals surface area contributed by atoms with E-state index >= 15 is 0 Å². The first-order valence-corrected chi connectivity index (χ1v) is 6.81. The zero-order valence-electron chi connectivity index (χ0n) is 11.7. The van der Waals surface area contributed by atoms with Crippen molar-refractivity contribution in [2.45, 2.75) is 38.6 Å². The van der Waals surface area contributed by atoms with Gasteiger partial charge < -0.3 is 15.7 Å². The van der Waals surface area contributed by atoms with Gasteiger partial charge in [-0.2, -0.15) is 5.10 Å². The fraction of sp³-hybridized carbons (Fsp3) is 0.692. The second-order valence-corrected chi connectivity index (χ2v) is 5.18. The highest BCUT2D eigenvalue weighted by atomic mass is 16.2. The minimum Gasteiger partial charge on any atom is -0.396 e. The second-order valence-electron chi connectivity index (χ2n) is 5.18. The van der Waals surface area contributed by atoms with Gasteiger partial charge in [0.25, 0.3) is 0 Å². The first-order valence-electron chi connectivity index (χ1n) is 6.81. The van der Waals surface area contributed by atoms with Crippen LogP contribution in [0.3, 0.4) is 0 Å². The molecule has 4 N–H and O–H groups in total. The van der Waals surface area contributed by atoms with Gasteiger partial charge in [0, 0.05) is 26.2 Å². The molecule has 0 amide bonds. The summed E-state index contributed by atoms with van der Waals surface area (Å²) in [6.07, 6.45) is 4.05. The largest absolute Gasteiger partial charge is 0.396 e. The van der Waals surface area contributed by atoms with Crippen LogP contribution in [0.5, 0.6) is 0 Å². The van der Waals surface area contributed by atoms with E-state index < -0.39 is 0 Å². The molecule has 0 aromatic carbocycles. The van der Waals surface area contributed by atoms with E-state index in [-0.39, 0.29) is 12.4 Å².